The highest BCUT2D eigenvalue weighted by Crippen LogP contribution is 2.31. The van der Waals surface area contributed by atoms with Gasteiger partial charge in [0.1, 0.15) is 12.2 Å². The lowest BCUT2D eigenvalue weighted by Gasteiger charge is -2.16. The molecular formula is C26H18F6N6O2. The number of pyridine rings is 3. The van der Waals surface area contributed by atoms with Crippen molar-refractivity contribution in [3.63, 3.8) is 0 Å². The maximum atomic E-state index is 13.4. The van der Waals surface area contributed by atoms with E-state index < -0.39 is 42.0 Å². The number of benzene rings is 1. The summed E-state index contributed by atoms with van der Waals surface area (Å²) in [4.78, 5) is 34.8. The van der Waals surface area contributed by atoms with Gasteiger partial charge in [-0.15, -0.1) is 0 Å². The molecular weight excluding hydrogens is 542 g/mol. The van der Waals surface area contributed by atoms with E-state index in [0.717, 1.165) is 41.2 Å². The smallest absolute Gasteiger partial charge is 0.344 e. The summed E-state index contributed by atoms with van der Waals surface area (Å²) in [6, 6.07) is 9.52. The van der Waals surface area contributed by atoms with E-state index in [1.165, 1.54) is 6.07 Å². The van der Waals surface area contributed by atoms with Crippen molar-refractivity contribution in [2.45, 2.75) is 31.9 Å². The van der Waals surface area contributed by atoms with E-state index in [1.807, 2.05) is 0 Å². The number of fused-ring (bicyclic) bond motifs is 3. The molecule has 8 nitrogen and oxygen atoms in total. The minimum Gasteiger partial charge on any atom is -0.344 e. The fourth-order valence-corrected chi connectivity index (χ4v) is 4.29. The fourth-order valence-electron chi connectivity index (χ4n) is 4.29. The number of alkyl halides is 6. The monoisotopic (exact) mass is 560 g/mol. The van der Waals surface area contributed by atoms with Crippen LogP contribution in [0.1, 0.15) is 34.6 Å². The van der Waals surface area contributed by atoms with E-state index in [0.29, 0.717) is 10.4 Å². The van der Waals surface area contributed by atoms with Crippen molar-refractivity contribution < 1.29 is 31.1 Å². The van der Waals surface area contributed by atoms with Crippen molar-refractivity contribution in [3.05, 3.63) is 94.3 Å². The van der Waals surface area contributed by atoms with Crippen LogP contribution in [0.4, 0.5) is 26.3 Å². The van der Waals surface area contributed by atoms with E-state index in [2.05, 4.69) is 20.4 Å². The molecule has 1 aromatic carbocycles. The Hall–Kier alpha value is -4.75. The zero-order valence-electron chi connectivity index (χ0n) is 20.5. The number of carbonyl (C=O) groups is 1. The number of hydrogen-bond acceptors (Lipinski definition) is 5. The van der Waals surface area contributed by atoms with Gasteiger partial charge in [-0.1, -0.05) is 6.07 Å². The van der Waals surface area contributed by atoms with Gasteiger partial charge < -0.3 is 5.32 Å². The van der Waals surface area contributed by atoms with Crippen LogP contribution in [0, 0.1) is 0 Å². The van der Waals surface area contributed by atoms with Crippen LogP contribution in [0.25, 0.3) is 27.6 Å². The molecule has 0 saturated heterocycles. The molecule has 0 aliphatic carbocycles. The normalized spacial score (nSPS) is 13.1. The molecule has 5 aromatic rings. The summed E-state index contributed by atoms with van der Waals surface area (Å²) >= 11 is 0. The highest BCUT2D eigenvalue weighted by Gasteiger charge is 2.32. The molecule has 4 heterocycles. The van der Waals surface area contributed by atoms with Crippen molar-refractivity contribution >= 4 is 27.8 Å². The fraction of sp³-hybridized carbons (Fsp3) is 0.192. The van der Waals surface area contributed by atoms with Gasteiger partial charge >= 0.3 is 12.4 Å². The number of hydrogen-bond donors (Lipinski definition) is 1. The van der Waals surface area contributed by atoms with Crippen LogP contribution in [-0.4, -0.2) is 36.4 Å². The number of amides is 1. The van der Waals surface area contributed by atoms with Gasteiger partial charge in [-0.3, -0.25) is 23.8 Å². The van der Waals surface area contributed by atoms with Crippen molar-refractivity contribution in [1.82, 2.24) is 29.6 Å². The highest BCUT2D eigenvalue weighted by molar-refractivity contribution is 6.06. The highest BCUT2D eigenvalue weighted by atomic mass is 19.4. The first kappa shape index (κ1) is 26.8. The minimum atomic E-state index is -4.69. The molecule has 40 heavy (non-hydrogen) atoms. The average molecular weight is 560 g/mol. The second-order valence-corrected chi connectivity index (χ2v) is 8.91. The van der Waals surface area contributed by atoms with E-state index in [-0.39, 0.29) is 33.2 Å². The number of aromatic nitrogens is 5. The number of nitrogens with zero attached hydrogens (tertiary/aromatic N) is 5. The Balaban J connectivity index is 1.69. The van der Waals surface area contributed by atoms with E-state index in [9.17, 15) is 35.9 Å². The van der Waals surface area contributed by atoms with Crippen LogP contribution in [0.2, 0.25) is 0 Å². The van der Waals surface area contributed by atoms with E-state index >= 15 is 0 Å². The summed E-state index contributed by atoms with van der Waals surface area (Å²) in [5.74, 6) is -0.616. The Bertz CT molecular complexity index is 1780. The summed E-state index contributed by atoms with van der Waals surface area (Å²) in [6.45, 7) is 0.163. The first-order valence-corrected chi connectivity index (χ1v) is 11.7. The van der Waals surface area contributed by atoms with Crippen LogP contribution >= 0.6 is 0 Å². The Morgan fingerprint density at radius 1 is 0.975 bits per heavy atom. The largest absolute Gasteiger partial charge is 0.416 e. The van der Waals surface area contributed by atoms with Crippen LogP contribution in [0.15, 0.2) is 71.9 Å². The SMILES string of the molecule is C[C@H](NC(=O)c1cnc2c(c1)c1c(cnn1CC(F)(F)F)c(=O)n2-c1ccc(C(F)(F)F)cc1)c1ccccn1. The molecule has 0 fully saturated rings. The molecule has 0 saturated carbocycles. The first-order valence-electron chi connectivity index (χ1n) is 11.7. The first-order chi connectivity index (χ1) is 18.8. The summed E-state index contributed by atoms with van der Waals surface area (Å²) in [5, 5.41) is 6.19. The lowest BCUT2D eigenvalue weighted by Crippen LogP contribution is -2.27. The predicted octanol–water partition coefficient (Wildman–Crippen LogP) is 5.20. The second kappa shape index (κ2) is 9.77. The van der Waals surface area contributed by atoms with Crippen molar-refractivity contribution in [1.29, 1.82) is 0 Å². The maximum absolute atomic E-state index is 13.4. The Labute approximate surface area is 220 Å². The molecule has 1 atom stereocenters. The topological polar surface area (TPSA) is 94.7 Å². The predicted molar refractivity (Wildman–Crippen MR) is 132 cm³/mol. The third kappa shape index (κ3) is 5.11. The summed E-state index contributed by atoms with van der Waals surface area (Å²) < 4.78 is 80.8. The van der Waals surface area contributed by atoms with Crippen molar-refractivity contribution in [2.75, 3.05) is 0 Å². The molecule has 0 spiro atoms. The number of carbonyl (C=O) groups excluding carboxylic acids is 1. The van der Waals surface area contributed by atoms with Gasteiger partial charge in [0, 0.05) is 17.8 Å². The van der Waals surface area contributed by atoms with Gasteiger partial charge in [-0.05, 0) is 49.4 Å². The summed E-state index contributed by atoms with van der Waals surface area (Å²) in [6.07, 6.45) is -5.69. The van der Waals surface area contributed by atoms with Crippen LogP contribution in [0.3, 0.4) is 0 Å². The molecule has 0 unspecified atom stereocenters. The Morgan fingerprint density at radius 3 is 2.33 bits per heavy atom. The number of halogens is 6. The number of nitrogens with one attached hydrogen (secondary N) is 1. The molecule has 14 heteroatoms. The zero-order chi connectivity index (χ0) is 28.8. The lowest BCUT2D eigenvalue weighted by molar-refractivity contribution is -0.142. The molecule has 0 aliphatic rings. The summed E-state index contributed by atoms with van der Waals surface area (Å²) in [5.41, 5.74) is -1.68. The molecule has 5 rings (SSSR count). The van der Waals surface area contributed by atoms with Gasteiger partial charge in [-0.2, -0.15) is 31.4 Å². The Kier molecular flexibility index (Phi) is 6.56. The minimum absolute atomic E-state index is 0.0121. The molecule has 4 aromatic heterocycles. The zero-order valence-corrected chi connectivity index (χ0v) is 20.5. The quantitative estimate of drug-likeness (QED) is 0.298. The summed E-state index contributed by atoms with van der Waals surface area (Å²) in [7, 11) is 0. The van der Waals surface area contributed by atoms with Gasteiger partial charge in [-0.25, -0.2) is 4.98 Å². The molecule has 0 radical (unpaired) electrons. The van der Waals surface area contributed by atoms with E-state index in [4.69, 9.17) is 0 Å². The van der Waals surface area contributed by atoms with Gasteiger partial charge in [0.05, 0.1) is 45.6 Å². The second-order valence-electron chi connectivity index (χ2n) is 8.91. The van der Waals surface area contributed by atoms with Gasteiger partial charge in [0.2, 0.25) is 0 Å². The molecule has 206 valence electrons. The molecule has 0 aliphatic heterocycles. The van der Waals surface area contributed by atoms with Crippen LogP contribution in [0.5, 0.6) is 0 Å². The average Bonchev–Trinajstić information content (AvgIpc) is 3.31. The third-order valence-corrected chi connectivity index (χ3v) is 6.13. The van der Waals surface area contributed by atoms with E-state index in [1.54, 1.807) is 31.3 Å². The lowest BCUT2D eigenvalue weighted by atomic mass is 10.1. The number of rotatable bonds is 5. The van der Waals surface area contributed by atoms with Gasteiger partial charge in [0.25, 0.3) is 11.5 Å². The third-order valence-electron chi connectivity index (χ3n) is 6.13. The van der Waals surface area contributed by atoms with Crippen LogP contribution in [-0.2, 0) is 12.7 Å². The molecule has 1 N–H and O–H groups in total. The van der Waals surface area contributed by atoms with Crippen molar-refractivity contribution in [2.24, 2.45) is 0 Å². The standard InChI is InChI=1S/C26H18F6N6O2/c1-14(20-4-2-3-9-33-20)36-23(39)15-10-18-21-19(12-35-37(21)13-25(27,28)29)24(40)38(22(18)34-11-15)17-7-5-16(6-8-17)26(30,31)32/h2-12,14H,13H2,1H3,(H,36,39)/t14-/m0/s1. The van der Waals surface area contributed by atoms with Crippen LogP contribution < -0.4 is 10.9 Å². The molecule has 0 bridgehead atoms. The van der Waals surface area contributed by atoms with Crippen molar-refractivity contribution in [3.8, 4) is 5.69 Å². The maximum Gasteiger partial charge on any atom is 0.416 e. The molecule has 1 amide bonds. The Morgan fingerprint density at radius 2 is 1.70 bits per heavy atom. The van der Waals surface area contributed by atoms with Gasteiger partial charge in [0.15, 0.2) is 0 Å².